The summed E-state index contributed by atoms with van der Waals surface area (Å²) in [5.41, 5.74) is 5.54. The fraction of sp³-hybridized carbons (Fsp3) is 0.727. The number of aromatic nitrogens is 3. The molecule has 0 aliphatic heterocycles. The Balaban J connectivity index is 3.17. The molecule has 0 aliphatic carbocycles. The van der Waals surface area contributed by atoms with E-state index < -0.39 is 0 Å². The van der Waals surface area contributed by atoms with Gasteiger partial charge in [-0.15, -0.1) is 0 Å². The lowest BCUT2D eigenvalue weighted by molar-refractivity contribution is 0.0920. The van der Waals surface area contributed by atoms with E-state index in [1.54, 1.807) is 7.11 Å². The predicted molar refractivity (Wildman–Crippen MR) is 63.0 cm³/mol. The van der Waals surface area contributed by atoms with Gasteiger partial charge in [0.1, 0.15) is 11.9 Å². The van der Waals surface area contributed by atoms with E-state index in [-0.39, 0.29) is 17.5 Å². The lowest BCUT2D eigenvalue weighted by atomic mass is 9.96. The summed E-state index contributed by atoms with van der Waals surface area (Å²) >= 11 is 0. The van der Waals surface area contributed by atoms with Gasteiger partial charge in [0.2, 0.25) is 5.95 Å². The maximum atomic E-state index is 5.69. The van der Waals surface area contributed by atoms with Gasteiger partial charge in [-0.3, -0.25) is 0 Å². The molecule has 0 amide bonds. The van der Waals surface area contributed by atoms with Gasteiger partial charge in [0.25, 0.3) is 0 Å². The summed E-state index contributed by atoms with van der Waals surface area (Å²) in [6.45, 7) is 8.14. The topological polar surface area (TPSA) is 73.9 Å². The van der Waals surface area contributed by atoms with Crippen molar-refractivity contribution in [3.05, 3.63) is 11.6 Å². The summed E-state index contributed by atoms with van der Waals surface area (Å²) < 4.78 is 5.30. The van der Waals surface area contributed by atoms with Gasteiger partial charge < -0.3 is 10.5 Å². The van der Waals surface area contributed by atoms with Crippen molar-refractivity contribution in [2.45, 2.75) is 45.6 Å². The minimum Gasteiger partial charge on any atom is -0.373 e. The Hall–Kier alpha value is -1.23. The first kappa shape index (κ1) is 12.8. The van der Waals surface area contributed by atoms with Crippen LogP contribution in [0.3, 0.4) is 0 Å². The molecular weight excluding hydrogens is 204 g/mol. The van der Waals surface area contributed by atoms with E-state index in [1.807, 2.05) is 27.7 Å². The fourth-order valence-corrected chi connectivity index (χ4v) is 1.34. The molecule has 16 heavy (non-hydrogen) atoms. The van der Waals surface area contributed by atoms with Crippen molar-refractivity contribution in [1.29, 1.82) is 0 Å². The normalized spacial score (nSPS) is 13.8. The molecule has 1 rings (SSSR count). The minimum absolute atomic E-state index is 0.119. The molecule has 2 N–H and O–H groups in total. The Kier molecular flexibility index (Phi) is 3.80. The van der Waals surface area contributed by atoms with Crippen molar-refractivity contribution in [2.75, 3.05) is 12.8 Å². The molecule has 1 unspecified atom stereocenters. The first-order valence-corrected chi connectivity index (χ1v) is 5.43. The number of hydrogen-bond donors (Lipinski definition) is 1. The molecule has 0 radical (unpaired) electrons. The Bertz CT molecular complexity index is 355. The van der Waals surface area contributed by atoms with Gasteiger partial charge in [-0.25, -0.2) is 4.98 Å². The largest absolute Gasteiger partial charge is 0.373 e. The molecule has 0 spiro atoms. The molecule has 0 saturated carbocycles. The molecule has 1 aromatic heterocycles. The van der Waals surface area contributed by atoms with Crippen LogP contribution in [-0.4, -0.2) is 22.1 Å². The van der Waals surface area contributed by atoms with Crippen molar-refractivity contribution >= 4 is 5.95 Å². The van der Waals surface area contributed by atoms with Crippen LogP contribution in [-0.2, 0) is 10.2 Å². The third-order valence-electron chi connectivity index (χ3n) is 2.28. The van der Waals surface area contributed by atoms with E-state index >= 15 is 0 Å². The maximum Gasteiger partial charge on any atom is 0.223 e. The van der Waals surface area contributed by atoms with Gasteiger partial charge in [-0.1, -0.05) is 27.7 Å². The van der Waals surface area contributed by atoms with Crippen molar-refractivity contribution in [1.82, 2.24) is 15.0 Å². The van der Waals surface area contributed by atoms with Gasteiger partial charge in [0.15, 0.2) is 5.82 Å². The highest BCUT2D eigenvalue weighted by molar-refractivity contribution is 5.19. The molecular formula is C11H20N4O. The zero-order valence-corrected chi connectivity index (χ0v) is 10.6. The number of methoxy groups -OCH3 is 1. The monoisotopic (exact) mass is 224 g/mol. The van der Waals surface area contributed by atoms with Gasteiger partial charge in [-0.05, 0) is 6.42 Å². The SMILES string of the molecule is CCC(OC)c1nc(N)nc(C(C)(C)C)n1. The first-order chi connectivity index (χ1) is 7.38. The summed E-state index contributed by atoms with van der Waals surface area (Å²) in [6.07, 6.45) is 0.690. The van der Waals surface area contributed by atoms with E-state index in [0.717, 1.165) is 6.42 Å². The van der Waals surface area contributed by atoms with Gasteiger partial charge in [-0.2, -0.15) is 9.97 Å². The molecule has 1 aromatic rings. The molecule has 1 heterocycles. The number of rotatable bonds is 3. The highest BCUT2D eigenvalue weighted by atomic mass is 16.5. The van der Waals surface area contributed by atoms with Crippen LogP contribution >= 0.6 is 0 Å². The summed E-state index contributed by atoms with van der Waals surface area (Å²) in [5, 5.41) is 0. The van der Waals surface area contributed by atoms with Crippen LogP contribution in [0, 0.1) is 0 Å². The standard InChI is InChI=1S/C11H20N4O/c1-6-7(16-5)8-13-9(11(2,3)4)15-10(12)14-8/h7H,6H2,1-5H3,(H2,12,13,14,15). The number of anilines is 1. The quantitative estimate of drug-likeness (QED) is 0.848. The van der Waals surface area contributed by atoms with Crippen LogP contribution < -0.4 is 5.73 Å². The van der Waals surface area contributed by atoms with Crippen molar-refractivity contribution in [3.8, 4) is 0 Å². The number of hydrogen-bond acceptors (Lipinski definition) is 5. The summed E-state index contributed by atoms with van der Waals surface area (Å²) in [6, 6.07) is 0. The predicted octanol–water partition coefficient (Wildman–Crippen LogP) is 1.85. The summed E-state index contributed by atoms with van der Waals surface area (Å²) in [7, 11) is 1.64. The van der Waals surface area contributed by atoms with Crippen LogP contribution in [0.25, 0.3) is 0 Å². The number of nitrogens with zero attached hydrogens (tertiary/aromatic N) is 3. The lowest BCUT2D eigenvalue weighted by Gasteiger charge is -2.19. The van der Waals surface area contributed by atoms with Crippen molar-refractivity contribution < 1.29 is 4.74 Å². The van der Waals surface area contributed by atoms with E-state index in [4.69, 9.17) is 10.5 Å². The smallest absolute Gasteiger partial charge is 0.223 e. The Morgan fingerprint density at radius 2 is 1.88 bits per heavy atom. The van der Waals surface area contributed by atoms with E-state index in [9.17, 15) is 0 Å². The molecule has 0 bridgehead atoms. The van der Waals surface area contributed by atoms with Gasteiger partial charge in [0, 0.05) is 12.5 Å². The molecule has 0 fully saturated rings. The molecule has 0 aromatic carbocycles. The Labute approximate surface area is 96.5 Å². The van der Waals surface area contributed by atoms with Crippen LogP contribution in [0.5, 0.6) is 0 Å². The zero-order chi connectivity index (χ0) is 12.3. The van der Waals surface area contributed by atoms with Crippen LogP contribution in [0.4, 0.5) is 5.95 Å². The third-order valence-corrected chi connectivity index (χ3v) is 2.28. The van der Waals surface area contributed by atoms with E-state index in [2.05, 4.69) is 15.0 Å². The average molecular weight is 224 g/mol. The minimum atomic E-state index is -0.141. The second kappa shape index (κ2) is 4.74. The second-order valence-corrected chi connectivity index (χ2v) is 4.76. The lowest BCUT2D eigenvalue weighted by Crippen LogP contribution is -2.20. The van der Waals surface area contributed by atoms with Crippen LogP contribution in [0.2, 0.25) is 0 Å². The molecule has 1 atom stereocenters. The van der Waals surface area contributed by atoms with Crippen LogP contribution in [0.1, 0.15) is 51.9 Å². The van der Waals surface area contributed by atoms with Gasteiger partial charge in [0.05, 0.1) is 0 Å². The molecule has 0 aliphatic rings. The summed E-state index contributed by atoms with van der Waals surface area (Å²) in [4.78, 5) is 12.7. The maximum absolute atomic E-state index is 5.69. The van der Waals surface area contributed by atoms with E-state index in [1.165, 1.54) is 0 Å². The Morgan fingerprint density at radius 1 is 1.25 bits per heavy atom. The molecule has 0 saturated heterocycles. The summed E-state index contributed by atoms with van der Waals surface area (Å²) in [5.74, 6) is 1.57. The third kappa shape index (κ3) is 2.88. The molecule has 90 valence electrons. The Morgan fingerprint density at radius 3 is 2.31 bits per heavy atom. The second-order valence-electron chi connectivity index (χ2n) is 4.76. The van der Waals surface area contributed by atoms with Gasteiger partial charge >= 0.3 is 0 Å². The zero-order valence-electron chi connectivity index (χ0n) is 10.6. The number of nitrogen functional groups attached to an aromatic ring is 1. The van der Waals surface area contributed by atoms with Crippen LogP contribution in [0.15, 0.2) is 0 Å². The van der Waals surface area contributed by atoms with Crippen molar-refractivity contribution in [2.24, 2.45) is 0 Å². The number of nitrogens with two attached hydrogens (primary N) is 1. The average Bonchev–Trinajstić information content (AvgIpc) is 2.17. The number of ether oxygens (including phenoxy) is 1. The first-order valence-electron chi connectivity index (χ1n) is 5.43. The molecule has 5 nitrogen and oxygen atoms in total. The fourth-order valence-electron chi connectivity index (χ4n) is 1.34. The highest BCUT2D eigenvalue weighted by Gasteiger charge is 2.21. The van der Waals surface area contributed by atoms with Crippen molar-refractivity contribution in [3.63, 3.8) is 0 Å². The highest BCUT2D eigenvalue weighted by Crippen LogP contribution is 2.22. The van der Waals surface area contributed by atoms with E-state index in [0.29, 0.717) is 11.6 Å². The molecule has 5 heteroatoms.